The predicted molar refractivity (Wildman–Crippen MR) is 85.8 cm³/mol. The molecule has 23 heavy (non-hydrogen) atoms. The summed E-state index contributed by atoms with van der Waals surface area (Å²) in [5.74, 6) is 0.281. The van der Waals surface area contributed by atoms with Crippen LogP contribution < -0.4 is 14.8 Å². The lowest BCUT2D eigenvalue weighted by Crippen LogP contribution is -2.33. The van der Waals surface area contributed by atoms with Gasteiger partial charge in [-0.1, -0.05) is 18.2 Å². The minimum Gasteiger partial charge on any atom is -0.484 e. The largest absolute Gasteiger partial charge is 0.484 e. The Balaban J connectivity index is 1.64. The van der Waals surface area contributed by atoms with Crippen LogP contribution in [0.1, 0.15) is 5.56 Å². The number of primary sulfonamides is 1. The molecular formula is C16H16N2O4S. The number of sulfonamides is 1. The molecular weight excluding hydrogens is 316 g/mol. The van der Waals surface area contributed by atoms with Gasteiger partial charge in [0, 0.05) is 12.2 Å². The zero-order valence-electron chi connectivity index (χ0n) is 12.3. The Morgan fingerprint density at radius 2 is 1.83 bits per heavy atom. The van der Waals surface area contributed by atoms with E-state index >= 15 is 0 Å². The second-order valence-electron chi connectivity index (χ2n) is 5.23. The van der Waals surface area contributed by atoms with Crippen LogP contribution in [0.4, 0.5) is 5.69 Å². The van der Waals surface area contributed by atoms with E-state index in [1.54, 1.807) is 4.90 Å². The van der Waals surface area contributed by atoms with Gasteiger partial charge in [-0.2, -0.15) is 0 Å². The molecule has 1 aliphatic heterocycles. The summed E-state index contributed by atoms with van der Waals surface area (Å²) in [5.41, 5.74) is 2.07. The maximum Gasteiger partial charge on any atom is 0.264 e. The molecule has 0 atom stereocenters. The fourth-order valence-corrected chi connectivity index (χ4v) is 3.06. The first-order valence-corrected chi connectivity index (χ1v) is 8.64. The van der Waals surface area contributed by atoms with Crippen LogP contribution in [0.25, 0.3) is 0 Å². The van der Waals surface area contributed by atoms with Crippen molar-refractivity contribution in [2.75, 3.05) is 18.1 Å². The highest BCUT2D eigenvalue weighted by Gasteiger charge is 2.24. The molecule has 1 amide bonds. The number of hydrogen-bond acceptors (Lipinski definition) is 4. The molecule has 6 nitrogen and oxygen atoms in total. The van der Waals surface area contributed by atoms with Gasteiger partial charge in [0.15, 0.2) is 6.61 Å². The Morgan fingerprint density at radius 1 is 1.13 bits per heavy atom. The predicted octanol–water partition coefficient (Wildman–Crippen LogP) is 1.30. The third kappa shape index (κ3) is 3.35. The van der Waals surface area contributed by atoms with Crippen LogP contribution in [0.2, 0.25) is 0 Å². The van der Waals surface area contributed by atoms with Crippen molar-refractivity contribution in [3.05, 3.63) is 54.1 Å². The second-order valence-corrected chi connectivity index (χ2v) is 6.79. The summed E-state index contributed by atoms with van der Waals surface area (Å²) in [6.45, 7) is 0.537. The average Bonchev–Trinajstić information content (AvgIpc) is 2.96. The van der Waals surface area contributed by atoms with E-state index in [9.17, 15) is 13.2 Å². The van der Waals surface area contributed by atoms with E-state index in [0.717, 1.165) is 17.7 Å². The molecule has 2 aromatic rings. The number of para-hydroxylation sites is 1. The van der Waals surface area contributed by atoms with Gasteiger partial charge in [0.25, 0.3) is 5.91 Å². The van der Waals surface area contributed by atoms with Gasteiger partial charge >= 0.3 is 0 Å². The highest BCUT2D eigenvalue weighted by molar-refractivity contribution is 7.89. The zero-order valence-corrected chi connectivity index (χ0v) is 13.1. The molecule has 0 aliphatic carbocycles. The van der Waals surface area contributed by atoms with Crippen LogP contribution in [-0.2, 0) is 21.2 Å². The van der Waals surface area contributed by atoms with Crippen molar-refractivity contribution in [1.82, 2.24) is 0 Å². The van der Waals surface area contributed by atoms with Crippen LogP contribution in [0.15, 0.2) is 53.4 Å². The summed E-state index contributed by atoms with van der Waals surface area (Å²) < 4.78 is 27.8. The van der Waals surface area contributed by atoms with E-state index in [4.69, 9.17) is 9.88 Å². The molecule has 0 unspecified atom stereocenters. The minimum absolute atomic E-state index is 0.00430. The number of nitrogens with two attached hydrogens (primary N) is 1. The van der Waals surface area contributed by atoms with Crippen molar-refractivity contribution in [2.24, 2.45) is 5.14 Å². The van der Waals surface area contributed by atoms with Gasteiger partial charge in [0.05, 0.1) is 4.90 Å². The molecule has 1 heterocycles. The van der Waals surface area contributed by atoms with Gasteiger partial charge in [-0.25, -0.2) is 13.6 Å². The molecule has 3 rings (SSSR count). The summed E-state index contributed by atoms with van der Waals surface area (Å²) in [7, 11) is -3.73. The second kappa shape index (κ2) is 6.02. The highest BCUT2D eigenvalue weighted by Crippen LogP contribution is 2.27. The number of amides is 1. The lowest BCUT2D eigenvalue weighted by Gasteiger charge is -2.17. The number of nitrogens with zero attached hydrogens (tertiary/aromatic N) is 1. The first-order chi connectivity index (χ1) is 10.9. The smallest absolute Gasteiger partial charge is 0.264 e. The summed E-state index contributed by atoms with van der Waals surface area (Å²) in [6, 6.07) is 13.4. The van der Waals surface area contributed by atoms with E-state index in [0.29, 0.717) is 12.3 Å². The number of benzene rings is 2. The van der Waals surface area contributed by atoms with Crippen LogP contribution in [0.5, 0.6) is 5.75 Å². The van der Waals surface area contributed by atoms with Crippen LogP contribution in [0, 0.1) is 0 Å². The van der Waals surface area contributed by atoms with E-state index < -0.39 is 10.0 Å². The molecule has 2 aromatic carbocycles. The van der Waals surface area contributed by atoms with Gasteiger partial charge in [-0.15, -0.1) is 0 Å². The van der Waals surface area contributed by atoms with Crippen molar-refractivity contribution in [2.45, 2.75) is 11.3 Å². The van der Waals surface area contributed by atoms with Crippen molar-refractivity contribution in [3.8, 4) is 5.75 Å². The standard InChI is InChI=1S/C16H16N2O4S/c17-23(20,21)14-7-5-13(6-8-14)22-11-16(19)18-10-9-12-3-1-2-4-15(12)18/h1-8H,9-11H2,(H2,17,20,21). The van der Waals surface area contributed by atoms with Crippen LogP contribution >= 0.6 is 0 Å². The minimum atomic E-state index is -3.73. The molecule has 2 N–H and O–H groups in total. The monoisotopic (exact) mass is 332 g/mol. The van der Waals surface area contributed by atoms with Crippen molar-refractivity contribution >= 4 is 21.6 Å². The molecule has 0 spiro atoms. The van der Waals surface area contributed by atoms with E-state index in [1.807, 2.05) is 24.3 Å². The molecule has 0 bridgehead atoms. The maximum absolute atomic E-state index is 12.3. The maximum atomic E-state index is 12.3. The Kier molecular flexibility index (Phi) is 4.06. The van der Waals surface area contributed by atoms with Crippen LogP contribution in [-0.4, -0.2) is 27.5 Å². The molecule has 7 heteroatoms. The SMILES string of the molecule is NS(=O)(=O)c1ccc(OCC(=O)N2CCc3ccccc32)cc1. The van der Waals surface area contributed by atoms with Gasteiger partial charge in [-0.3, -0.25) is 4.79 Å². The zero-order chi connectivity index (χ0) is 16.4. The molecule has 0 radical (unpaired) electrons. The molecule has 120 valence electrons. The molecule has 0 fully saturated rings. The first kappa shape index (κ1) is 15.5. The normalized spacial score (nSPS) is 13.7. The Morgan fingerprint density at radius 3 is 2.52 bits per heavy atom. The number of hydrogen-bond donors (Lipinski definition) is 1. The summed E-state index contributed by atoms with van der Waals surface area (Å²) in [5, 5.41) is 5.03. The van der Waals surface area contributed by atoms with Crippen molar-refractivity contribution < 1.29 is 17.9 Å². The topological polar surface area (TPSA) is 89.7 Å². The number of carbonyl (C=O) groups is 1. The lowest BCUT2D eigenvalue weighted by atomic mass is 10.2. The molecule has 0 saturated carbocycles. The summed E-state index contributed by atoms with van der Waals surface area (Å²) in [4.78, 5) is 14.0. The molecule has 1 aliphatic rings. The number of ether oxygens (including phenoxy) is 1. The summed E-state index contributed by atoms with van der Waals surface area (Å²) >= 11 is 0. The molecule has 0 aromatic heterocycles. The van der Waals surface area contributed by atoms with E-state index in [-0.39, 0.29) is 17.4 Å². The van der Waals surface area contributed by atoms with Crippen molar-refractivity contribution in [1.29, 1.82) is 0 Å². The van der Waals surface area contributed by atoms with Gasteiger partial charge in [0.2, 0.25) is 10.0 Å². The number of carbonyl (C=O) groups excluding carboxylic acids is 1. The fraction of sp³-hybridized carbons (Fsp3) is 0.188. The quantitative estimate of drug-likeness (QED) is 0.914. The Hall–Kier alpha value is -2.38. The number of anilines is 1. The van der Waals surface area contributed by atoms with Crippen molar-refractivity contribution in [3.63, 3.8) is 0 Å². The van der Waals surface area contributed by atoms with Gasteiger partial charge in [-0.05, 0) is 42.3 Å². The van der Waals surface area contributed by atoms with Gasteiger partial charge < -0.3 is 9.64 Å². The third-order valence-electron chi connectivity index (χ3n) is 3.70. The van der Waals surface area contributed by atoms with Crippen LogP contribution in [0.3, 0.4) is 0 Å². The number of fused-ring (bicyclic) bond motifs is 1. The van der Waals surface area contributed by atoms with E-state index in [1.165, 1.54) is 24.3 Å². The first-order valence-electron chi connectivity index (χ1n) is 7.09. The summed E-state index contributed by atoms with van der Waals surface area (Å²) in [6.07, 6.45) is 0.838. The fourth-order valence-electron chi connectivity index (χ4n) is 2.55. The third-order valence-corrected chi connectivity index (χ3v) is 4.63. The highest BCUT2D eigenvalue weighted by atomic mass is 32.2. The van der Waals surface area contributed by atoms with E-state index in [2.05, 4.69) is 0 Å². The average molecular weight is 332 g/mol. The lowest BCUT2D eigenvalue weighted by molar-refractivity contribution is -0.120. The Labute approximate surface area is 134 Å². The Bertz CT molecular complexity index is 831. The van der Waals surface area contributed by atoms with Gasteiger partial charge in [0.1, 0.15) is 5.75 Å². The molecule has 0 saturated heterocycles. The number of rotatable bonds is 4.